The van der Waals surface area contributed by atoms with Crippen LogP contribution >= 0.6 is 43.5 Å². The van der Waals surface area contributed by atoms with Crippen LogP contribution in [0, 0.1) is 0 Å². The van der Waals surface area contributed by atoms with Gasteiger partial charge in [-0.05, 0) is 44.0 Å². The molecule has 98 valence electrons. The van der Waals surface area contributed by atoms with Crippen LogP contribution in [-0.4, -0.2) is 15.9 Å². The number of halogens is 3. The van der Waals surface area contributed by atoms with Gasteiger partial charge in [0, 0.05) is 0 Å². The molecule has 0 atom stereocenters. The van der Waals surface area contributed by atoms with Crippen molar-refractivity contribution < 1.29 is 4.79 Å². The highest BCUT2D eigenvalue weighted by Crippen LogP contribution is 2.24. The lowest BCUT2D eigenvalue weighted by molar-refractivity contribution is 0.102. The molecule has 1 amide bonds. The molecule has 0 bridgehead atoms. The lowest BCUT2D eigenvalue weighted by atomic mass is 10.1. The van der Waals surface area contributed by atoms with E-state index in [1.165, 1.54) is 6.20 Å². The molecule has 0 fully saturated rings. The molecular formula is C11H7Br2ClN4O. The van der Waals surface area contributed by atoms with Gasteiger partial charge in [-0.15, -0.1) is 0 Å². The molecule has 2 rings (SSSR count). The number of hydrogen-bond acceptors (Lipinski definition) is 4. The van der Waals surface area contributed by atoms with Gasteiger partial charge in [0.25, 0.3) is 5.91 Å². The average molecular weight is 406 g/mol. The van der Waals surface area contributed by atoms with Gasteiger partial charge < -0.3 is 11.1 Å². The van der Waals surface area contributed by atoms with E-state index in [4.69, 9.17) is 17.3 Å². The van der Waals surface area contributed by atoms with E-state index in [0.717, 1.165) is 0 Å². The summed E-state index contributed by atoms with van der Waals surface area (Å²) in [6, 6.07) is 4.84. The van der Waals surface area contributed by atoms with Crippen molar-refractivity contribution in [2.24, 2.45) is 0 Å². The Morgan fingerprint density at radius 3 is 2.79 bits per heavy atom. The van der Waals surface area contributed by atoms with Crippen LogP contribution in [0.2, 0.25) is 5.02 Å². The third kappa shape index (κ3) is 3.23. The number of nitrogens with two attached hydrogens (primary N) is 1. The molecule has 3 N–H and O–H groups in total. The van der Waals surface area contributed by atoms with Crippen LogP contribution in [0.5, 0.6) is 0 Å². The van der Waals surface area contributed by atoms with Crippen LogP contribution in [0.4, 0.5) is 11.5 Å². The Kier molecular flexibility index (Phi) is 4.38. The van der Waals surface area contributed by atoms with Gasteiger partial charge in [-0.2, -0.15) is 0 Å². The number of nitrogen functional groups attached to an aromatic ring is 1. The summed E-state index contributed by atoms with van der Waals surface area (Å²) in [6.45, 7) is 0. The van der Waals surface area contributed by atoms with Crippen molar-refractivity contribution in [3.05, 3.63) is 44.2 Å². The van der Waals surface area contributed by atoms with Crippen molar-refractivity contribution >= 4 is 60.9 Å². The van der Waals surface area contributed by atoms with E-state index in [0.29, 0.717) is 20.0 Å². The third-order valence-corrected chi connectivity index (χ3v) is 3.49. The van der Waals surface area contributed by atoms with Gasteiger partial charge >= 0.3 is 0 Å². The number of carbonyl (C=O) groups excluding carboxylic acids is 1. The Morgan fingerprint density at radius 1 is 1.37 bits per heavy atom. The standard InChI is InChI=1S/C11H7Br2ClN4O/c12-7-4-16-10(9(13)17-7)18-11(19)5-2-1-3-6(14)8(5)15/h1-4H,15H2,(H,16,18,19). The molecule has 0 aliphatic carbocycles. The fourth-order valence-corrected chi connectivity index (χ4v) is 2.43. The minimum Gasteiger partial charge on any atom is -0.397 e. The second kappa shape index (κ2) is 5.85. The summed E-state index contributed by atoms with van der Waals surface area (Å²) in [7, 11) is 0. The highest BCUT2D eigenvalue weighted by Gasteiger charge is 2.14. The fraction of sp³-hybridized carbons (Fsp3) is 0. The van der Waals surface area contributed by atoms with Crippen molar-refractivity contribution in [3.8, 4) is 0 Å². The summed E-state index contributed by atoms with van der Waals surface area (Å²) in [4.78, 5) is 20.2. The van der Waals surface area contributed by atoms with Gasteiger partial charge in [0.1, 0.15) is 9.21 Å². The minimum atomic E-state index is -0.405. The minimum absolute atomic E-state index is 0.225. The molecule has 0 saturated heterocycles. The molecule has 5 nitrogen and oxygen atoms in total. The lowest BCUT2D eigenvalue weighted by Crippen LogP contribution is -2.15. The molecule has 0 spiro atoms. The van der Waals surface area contributed by atoms with Gasteiger partial charge in [-0.1, -0.05) is 17.7 Å². The number of aromatic nitrogens is 2. The van der Waals surface area contributed by atoms with E-state index in [1.54, 1.807) is 18.2 Å². The first-order chi connectivity index (χ1) is 8.99. The smallest absolute Gasteiger partial charge is 0.259 e. The van der Waals surface area contributed by atoms with E-state index < -0.39 is 5.91 Å². The maximum Gasteiger partial charge on any atom is 0.259 e. The van der Waals surface area contributed by atoms with Gasteiger partial charge in [0.05, 0.1) is 22.5 Å². The third-order valence-electron chi connectivity index (χ3n) is 2.23. The zero-order valence-electron chi connectivity index (χ0n) is 9.32. The zero-order chi connectivity index (χ0) is 14.0. The Hall–Kier alpha value is -1.18. The second-order valence-electron chi connectivity index (χ2n) is 3.49. The van der Waals surface area contributed by atoms with Crippen molar-refractivity contribution in [1.82, 2.24) is 9.97 Å². The Morgan fingerprint density at radius 2 is 2.11 bits per heavy atom. The van der Waals surface area contributed by atoms with E-state index in [2.05, 4.69) is 47.1 Å². The molecule has 0 aliphatic rings. The molecule has 19 heavy (non-hydrogen) atoms. The van der Waals surface area contributed by atoms with Crippen LogP contribution < -0.4 is 11.1 Å². The Balaban J connectivity index is 2.28. The fourth-order valence-electron chi connectivity index (χ4n) is 1.34. The van der Waals surface area contributed by atoms with Crippen molar-refractivity contribution in [1.29, 1.82) is 0 Å². The van der Waals surface area contributed by atoms with E-state index in [-0.39, 0.29) is 11.3 Å². The first-order valence-corrected chi connectivity index (χ1v) is 6.99. The van der Waals surface area contributed by atoms with Crippen LogP contribution in [0.3, 0.4) is 0 Å². The number of rotatable bonds is 2. The largest absolute Gasteiger partial charge is 0.397 e. The normalized spacial score (nSPS) is 10.3. The number of hydrogen-bond donors (Lipinski definition) is 2. The Bertz CT molecular complexity index is 651. The number of amides is 1. The van der Waals surface area contributed by atoms with Crippen molar-refractivity contribution in [3.63, 3.8) is 0 Å². The molecule has 0 radical (unpaired) electrons. The number of nitrogens with one attached hydrogen (secondary N) is 1. The summed E-state index contributed by atoms with van der Waals surface area (Å²) in [5.74, 6) is -0.107. The van der Waals surface area contributed by atoms with E-state index >= 15 is 0 Å². The predicted octanol–water partition coefficient (Wildman–Crippen LogP) is 3.49. The first-order valence-electron chi connectivity index (χ1n) is 5.02. The van der Waals surface area contributed by atoms with Gasteiger partial charge in [0.2, 0.25) is 0 Å². The molecule has 1 aromatic carbocycles. The second-order valence-corrected chi connectivity index (χ2v) is 5.46. The summed E-state index contributed by atoms with van der Waals surface area (Å²) >= 11 is 12.2. The molecular weight excluding hydrogens is 399 g/mol. The van der Waals surface area contributed by atoms with Crippen LogP contribution in [0.25, 0.3) is 0 Å². The van der Waals surface area contributed by atoms with Crippen molar-refractivity contribution in [2.75, 3.05) is 11.1 Å². The molecule has 8 heteroatoms. The van der Waals surface area contributed by atoms with E-state index in [1.807, 2.05) is 0 Å². The summed E-state index contributed by atoms with van der Waals surface area (Å²) in [5.41, 5.74) is 6.26. The number of para-hydroxylation sites is 1. The van der Waals surface area contributed by atoms with E-state index in [9.17, 15) is 4.79 Å². The van der Waals surface area contributed by atoms with Crippen LogP contribution in [-0.2, 0) is 0 Å². The monoisotopic (exact) mass is 404 g/mol. The number of nitrogens with zero attached hydrogens (tertiary/aromatic N) is 2. The molecule has 0 saturated carbocycles. The molecule has 1 heterocycles. The molecule has 1 aromatic heterocycles. The molecule has 0 aliphatic heterocycles. The lowest BCUT2D eigenvalue weighted by Gasteiger charge is -2.08. The predicted molar refractivity (Wildman–Crippen MR) is 81.2 cm³/mol. The first kappa shape index (κ1) is 14.2. The topological polar surface area (TPSA) is 80.9 Å². The number of carbonyl (C=O) groups is 1. The number of benzene rings is 1. The zero-order valence-corrected chi connectivity index (χ0v) is 13.3. The van der Waals surface area contributed by atoms with Gasteiger partial charge in [0.15, 0.2) is 5.82 Å². The maximum absolute atomic E-state index is 12.1. The highest BCUT2D eigenvalue weighted by atomic mass is 79.9. The van der Waals surface area contributed by atoms with Crippen LogP contribution in [0.1, 0.15) is 10.4 Å². The summed E-state index contributed by atoms with van der Waals surface area (Å²) in [5, 5.41) is 2.93. The van der Waals surface area contributed by atoms with Gasteiger partial charge in [-0.3, -0.25) is 4.79 Å². The van der Waals surface area contributed by atoms with Gasteiger partial charge in [-0.25, -0.2) is 9.97 Å². The summed E-state index contributed by atoms with van der Waals surface area (Å²) in [6.07, 6.45) is 1.47. The molecule has 0 unspecified atom stereocenters. The quantitative estimate of drug-likeness (QED) is 0.748. The van der Waals surface area contributed by atoms with Crippen LogP contribution in [0.15, 0.2) is 33.6 Å². The SMILES string of the molecule is Nc1c(Cl)cccc1C(=O)Nc1ncc(Br)nc1Br. The Labute approximate surface area is 130 Å². The maximum atomic E-state index is 12.1. The highest BCUT2D eigenvalue weighted by molar-refractivity contribution is 9.11. The molecule has 2 aromatic rings. The average Bonchev–Trinajstić information content (AvgIpc) is 2.36. The van der Waals surface area contributed by atoms with Crippen molar-refractivity contribution in [2.45, 2.75) is 0 Å². The number of anilines is 2. The summed E-state index contributed by atoms with van der Waals surface area (Å²) < 4.78 is 0.968.